The van der Waals surface area contributed by atoms with Crippen LogP contribution in [-0.2, 0) is 9.59 Å². The van der Waals surface area contributed by atoms with Crippen molar-refractivity contribution in [1.29, 1.82) is 0 Å². The molecule has 7 heteroatoms. The number of aliphatic hydroxyl groups excluding tert-OH is 1. The molecule has 168 valence electrons. The van der Waals surface area contributed by atoms with E-state index < -0.39 is 17.7 Å². The first-order valence-corrected chi connectivity index (χ1v) is 10.7. The summed E-state index contributed by atoms with van der Waals surface area (Å²) < 4.78 is 5.37. The highest BCUT2D eigenvalue weighted by Gasteiger charge is 2.47. The minimum atomic E-state index is -0.863. The van der Waals surface area contributed by atoms with Crippen LogP contribution < -0.4 is 9.64 Å². The van der Waals surface area contributed by atoms with Gasteiger partial charge in [0.2, 0.25) is 0 Å². The molecule has 1 saturated heterocycles. The highest BCUT2D eigenvalue weighted by molar-refractivity contribution is 6.52. The molecule has 1 fully saturated rings. The Kier molecular flexibility index (Phi) is 5.95. The van der Waals surface area contributed by atoms with Gasteiger partial charge in [0.05, 0.1) is 18.7 Å². The van der Waals surface area contributed by atoms with Gasteiger partial charge < -0.3 is 9.84 Å². The molecule has 1 aliphatic rings. The molecule has 3 aromatic rings. The fourth-order valence-corrected chi connectivity index (χ4v) is 4.35. The second kappa shape index (κ2) is 8.71. The highest BCUT2D eigenvalue weighted by Crippen LogP contribution is 2.44. The Hall–Kier alpha value is -3.64. The second-order valence-electron chi connectivity index (χ2n) is 8.02. The maximum absolute atomic E-state index is 13.3. The van der Waals surface area contributed by atoms with Crippen molar-refractivity contribution in [3.05, 3.63) is 93.3 Å². The summed E-state index contributed by atoms with van der Waals surface area (Å²) >= 11 is 6.23. The van der Waals surface area contributed by atoms with Crippen LogP contribution in [0.4, 0.5) is 5.69 Å². The third-order valence-electron chi connectivity index (χ3n) is 5.87. The van der Waals surface area contributed by atoms with E-state index in [4.69, 9.17) is 16.3 Å². The molecular weight excluding hydrogens is 440 g/mol. The number of hydrogen-bond donors (Lipinski definition) is 1. The minimum Gasteiger partial charge on any atom is -0.507 e. The van der Waals surface area contributed by atoms with E-state index in [2.05, 4.69) is 4.98 Å². The van der Waals surface area contributed by atoms with E-state index in [-0.39, 0.29) is 11.3 Å². The Bertz CT molecular complexity index is 1300. The summed E-state index contributed by atoms with van der Waals surface area (Å²) in [6.45, 7) is 5.50. The average molecular weight is 463 g/mol. The van der Waals surface area contributed by atoms with Crippen molar-refractivity contribution in [2.75, 3.05) is 12.0 Å². The number of rotatable bonds is 4. The largest absolute Gasteiger partial charge is 0.507 e. The molecule has 0 radical (unpaired) electrons. The summed E-state index contributed by atoms with van der Waals surface area (Å²) in [7, 11) is 1.57. The Morgan fingerprint density at radius 1 is 1.06 bits per heavy atom. The maximum Gasteiger partial charge on any atom is 0.300 e. The molecule has 1 N–H and O–H groups in total. The summed E-state index contributed by atoms with van der Waals surface area (Å²) in [6, 6.07) is 11.3. The monoisotopic (exact) mass is 462 g/mol. The highest BCUT2D eigenvalue weighted by atomic mass is 35.5. The van der Waals surface area contributed by atoms with Crippen molar-refractivity contribution in [3.63, 3.8) is 0 Å². The number of carbonyl (C=O) groups excluding carboxylic acids is 2. The van der Waals surface area contributed by atoms with Crippen LogP contribution in [0.2, 0.25) is 5.02 Å². The van der Waals surface area contributed by atoms with Crippen molar-refractivity contribution in [2.24, 2.45) is 0 Å². The molecule has 2 heterocycles. The molecular formula is C26H23ClN2O4. The lowest BCUT2D eigenvalue weighted by Gasteiger charge is -2.27. The standard InChI is InChI=1S/C26H23ClN2O4/c1-14-7-8-18(27)12-20(14)29-23(17-6-5-9-28-13-17)22(25(31)26(29)32)24(30)19-10-16(3)21(33-4)11-15(19)2/h5-13,23,30H,1-4H3/b24-22+. The van der Waals surface area contributed by atoms with Gasteiger partial charge in [0.25, 0.3) is 11.7 Å². The fourth-order valence-electron chi connectivity index (χ4n) is 4.19. The van der Waals surface area contributed by atoms with Gasteiger partial charge in [0.1, 0.15) is 11.5 Å². The van der Waals surface area contributed by atoms with Crippen molar-refractivity contribution < 1.29 is 19.4 Å². The van der Waals surface area contributed by atoms with Crippen LogP contribution in [0.15, 0.2) is 60.4 Å². The number of nitrogens with zero attached hydrogens (tertiary/aromatic N) is 2. The van der Waals surface area contributed by atoms with E-state index in [1.54, 1.807) is 62.0 Å². The molecule has 4 rings (SSSR count). The Labute approximate surface area is 197 Å². The van der Waals surface area contributed by atoms with E-state index in [1.165, 1.54) is 4.90 Å². The molecule has 0 bridgehead atoms. The summed E-state index contributed by atoms with van der Waals surface area (Å²) in [5.41, 5.74) is 3.84. The van der Waals surface area contributed by atoms with E-state index in [0.29, 0.717) is 33.1 Å². The first-order valence-electron chi connectivity index (χ1n) is 10.4. The molecule has 1 amide bonds. The third-order valence-corrected chi connectivity index (χ3v) is 6.11. The topological polar surface area (TPSA) is 79.7 Å². The molecule has 0 aliphatic carbocycles. The zero-order valence-electron chi connectivity index (χ0n) is 18.7. The fraction of sp³-hybridized carbons (Fsp3) is 0.192. The molecule has 0 spiro atoms. The number of amides is 1. The third kappa shape index (κ3) is 3.87. The van der Waals surface area contributed by atoms with Gasteiger partial charge in [-0.2, -0.15) is 0 Å². The van der Waals surface area contributed by atoms with Crippen LogP contribution >= 0.6 is 11.6 Å². The number of pyridine rings is 1. The molecule has 1 unspecified atom stereocenters. The number of aliphatic hydroxyl groups is 1. The first-order chi connectivity index (χ1) is 15.7. The first kappa shape index (κ1) is 22.6. The van der Waals surface area contributed by atoms with E-state index in [9.17, 15) is 14.7 Å². The van der Waals surface area contributed by atoms with Gasteiger partial charge in [-0.05, 0) is 73.4 Å². The number of ketones is 1. The van der Waals surface area contributed by atoms with Crippen LogP contribution in [0.1, 0.15) is 33.9 Å². The SMILES string of the molecule is COc1cc(C)c(/C(O)=C2\C(=O)C(=O)N(c3cc(Cl)ccc3C)C2c2cccnc2)cc1C. The van der Waals surface area contributed by atoms with Gasteiger partial charge in [-0.1, -0.05) is 23.7 Å². The number of Topliss-reactive ketones (excluding diaryl/α,β-unsaturated/α-hetero) is 1. The van der Waals surface area contributed by atoms with Gasteiger partial charge >= 0.3 is 0 Å². The van der Waals surface area contributed by atoms with Crippen molar-refractivity contribution in [1.82, 2.24) is 4.98 Å². The normalized spacial score (nSPS) is 17.5. The number of benzene rings is 2. The molecule has 6 nitrogen and oxygen atoms in total. The maximum atomic E-state index is 13.3. The predicted octanol–water partition coefficient (Wildman–Crippen LogP) is 5.30. The number of methoxy groups -OCH3 is 1. The smallest absolute Gasteiger partial charge is 0.300 e. The Morgan fingerprint density at radius 2 is 1.82 bits per heavy atom. The lowest BCUT2D eigenvalue weighted by atomic mass is 9.93. The summed E-state index contributed by atoms with van der Waals surface area (Å²) in [5.74, 6) is -1.08. The molecule has 1 atom stereocenters. The van der Waals surface area contributed by atoms with Gasteiger partial charge in [0.15, 0.2) is 0 Å². The molecule has 33 heavy (non-hydrogen) atoms. The Balaban J connectivity index is 1.99. The number of carbonyl (C=O) groups is 2. The number of halogens is 1. The minimum absolute atomic E-state index is 0.0000392. The van der Waals surface area contributed by atoms with E-state index in [1.807, 2.05) is 20.8 Å². The van der Waals surface area contributed by atoms with Crippen LogP contribution in [-0.4, -0.2) is 28.9 Å². The second-order valence-corrected chi connectivity index (χ2v) is 8.46. The van der Waals surface area contributed by atoms with Crippen molar-refractivity contribution >= 4 is 34.7 Å². The quantitative estimate of drug-likeness (QED) is 0.323. The number of anilines is 1. The van der Waals surface area contributed by atoms with E-state index in [0.717, 1.165) is 11.1 Å². The lowest BCUT2D eigenvalue weighted by molar-refractivity contribution is -0.132. The van der Waals surface area contributed by atoms with Crippen LogP contribution in [0, 0.1) is 20.8 Å². The van der Waals surface area contributed by atoms with E-state index >= 15 is 0 Å². The zero-order chi connectivity index (χ0) is 23.9. The average Bonchev–Trinajstić information content (AvgIpc) is 3.07. The summed E-state index contributed by atoms with van der Waals surface area (Å²) in [6.07, 6.45) is 3.19. The lowest BCUT2D eigenvalue weighted by Crippen LogP contribution is -2.30. The van der Waals surface area contributed by atoms with Gasteiger partial charge in [0, 0.05) is 28.7 Å². The van der Waals surface area contributed by atoms with Crippen molar-refractivity contribution in [2.45, 2.75) is 26.8 Å². The summed E-state index contributed by atoms with van der Waals surface area (Å²) in [4.78, 5) is 32.2. The predicted molar refractivity (Wildman–Crippen MR) is 128 cm³/mol. The van der Waals surface area contributed by atoms with Gasteiger partial charge in [-0.25, -0.2) is 0 Å². The van der Waals surface area contributed by atoms with Gasteiger partial charge in [-0.3, -0.25) is 19.5 Å². The summed E-state index contributed by atoms with van der Waals surface area (Å²) in [5, 5.41) is 11.8. The van der Waals surface area contributed by atoms with Crippen LogP contribution in [0.3, 0.4) is 0 Å². The number of aryl methyl sites for hydroxylation is 3. The number of hydrogen-bond acceptors (Lipinski definition) is 5. The van der Waals surface area contributed by atoms with Crippen LogP contribution in [0.5, 0.6) is 5.75 Å². The number of aromatic nitrogens is 1. The molecule has 1 aromatic heterocycles. The van der Waals surface area contributed by atoms with Gasteiger partial charge in [-0.15, -0.1) is 0 Å². The van der Waals surface area contributed by atoms with Crippen molar-refractivity contribution in [3.8, 4) is 5.75 Å². The molecule has 2 aromatic carbocycles. The van der Waals surface area contributed by atoms with Crippen LogP contribution in [0.25, 0.3) is 5.76 Å². The number of ether oxygens (including phenoxy) is 1. The molecule has 1 aliphatic heterocycles. The zero-order valence-corrected chi connectivity index (χ0v) is 19.5. The molecule has 0 saturated carbocycles. The Morgan fingerprint density at radius 3 is 2.48 bits per heavy atom.